The van der Waals surface area contributed by atoms with Crippen molar-refractivity contribution >= 4 is 38.4 Å². The molecule has 0 aromatic rings. The Labute approximate surface area is 351 Å². The van der Waals surface area contributed by atoms with Gasteiger partial charge in [-0.1, -0.05) is 72.1 Å². The van der Waals surface area contributed by atoms with Crippen molar-refractivity contribution < 1.29 is 61.2 Å². The number of hydrogen-bond acceptors (Lipinski definition) is 14. The molecule has 1 unspecified atom stereocenters. The first-order valence-corrected chi connectivity index (χ1v) is 23.4. The van der Waals surface area contributed by atoms with Gasteiger partial charge in [0.25, 0.3) is 0 Å². The molecular formula is C43H80NO13P. The van der Waals surface area contributed by atoms with Crippen LogP contribution in [-0.2, 0) is 61.2 Å². The van der Waals surface area contributed by atoms with Crippen molar-refractivity contribution in [2.24, 2.45) is 0 Å². The summed E-state index contributed by atoms with van der Waals surface area (Å²) in [5, 5.41) is 0. The molecule has 0 fully saturated rings. The fourth-order valence-electron chi connectivity index (χ4n) is 5.74. The van der Waals surface area contributed by atoms with Crippen molar-refractivity contribution in [1.82, 2.24) is 4.90 Å². The third-order valence-electron chi connectivity index (χ3n) is 9.30. The molecule has 0 aliphatic heterocycles. The lowest BCUT2D eigenvalue weighted by Gasteiger charge is -2.30. The SMILES string of the molecule is CCCCCCCC(=O)OCCCCCOC(=O)CC(CC)(OC(=O)CCN(C)CCCOP(OCC)OCC)C(=O)OCCCCCOC(=O)CCCCCCC. The molecule has 0 heterocycles. The molecule has 0 rings (SSSR count). The maximum absolute atomic E-state index is 13.5. The minimum absolute atomic E-state index is 0.00702. The average molecular weight is 850 g/mol. The summed E-state index contributed by atoms with van der Waals surface area (Å²) in [6.07, 6.45) is 15.4. The molecule has 58 heavy (non-hydrogen) atoms. The van der Waals surface area contributed by atoms with Crippen LogP contribution in [0.25, 0.3) is 0 Å². The Hall–Kier alpha value is -2.38. The summed E-state index contributed by atoms with van der Waals surface area (Å²) in [6, 6.07) is 0. The van der Waals surface area contributed by atoms with Crippen molar-refractivity contribution in [2.45, 2.75) is 181 Å². The van der Waals surface area contributed by atoms with Gasteiger partial charge in [0.15, 0.2) is 0 Å². The Kier molecular flexibility index (Phi) is 37.2. The van der Waals surface area contributed by atoms with E-state index >= 15 is 0 Å². The van der Waals surface area contributed by atoms with Crippen molar-refractivity contribution in [2.75, 3.05) is 66.4 Å². The standard InChI is InChI=1S/C43H80NO13P/c1-7-12-14-16-20-27-38(45)50-32-22-18-24-34-52-41(48)37-43(9-3,42(49)53-35-25-19-23-33-51-39(46)28-21-17-15-13-8-2)57-40(47)29-31-44(6)30-26-36-56-58(54-10-4)55-11-5/h7-37H2,1-6H3. The normalized spacial score (nSPS) is 12.3. The van der Waals surface area contributed by atoms with Crippen LogP contribution < -0.4 is 0 Å². The van der Waals surface area contributed by atoms with Gasteiger partial charge in [0.1, 0.15) is 0 Å². The van der Waals surface area contributed by atoms with E-state index in [1.165, 1.54) is 12.8 Å². The number of esters is 5. The summed E-state index contributed by atoms with van der Waals surface area (Å²) < 4.78 is 44.0. The largest absolute Gasteiger partial charge is 0.466 e. The van der Waals surface area contributed by atoms with E-state index in [-0.39, 0.29) is 38.0 Å². The highest BCUT2D eigenvalue weighted by atomic mass is 31.2. The van der Waals surface area contributed by atoms with Gasteiger partial charge < -0.3 is 42.2 Å². The van der Waals surface area contributed by atoms with Gasteiger partial charge >= 0.3 is 38.4 Å². The number of unbranched alkanes of at least 4 members (excludes halogenated alkanes) is 12. The van der Waals surface area contributed by atoms with E-state index in [1.807, 2.05) is 25.8 Å². The van der Waals surface area contributed by atoms with Crippen LogP contribution in [0.15, 0.2) is 0 Å². The fourth-order valence-corrected chi connectivity index (χ4v) is 6.66. The van der Waals surface area contributed by atoms with Crippen LogP contribution in [0.5, 0.6) is 0 Å². The lowest BCUT2D eigenvalue weighted by Crippen LogP contribution is -2.46. The Morgan fingerprint density at radius 2 is 0.931 bits per heavy atom. The zero-order chi connectivity index (χ0) is 43.1. The van der Waals surface area contributed by atoms with Crippen LogP contribution in [0.2, 0.25) is 0 Å². The summed E-state index contributed by atoms with van der Waals surface area (Å²) in [4.78, 5) is 65.6. The second kappa shape index (κ2) is 38.8. The highest BCUT2D eigenvalue weighted by molar-refractivity contribution is 7.41. The van der Waals surface area contributed by atoms with Crippen LogP contribution in [0, 0.1) is 0 Å². The number of ether oxygens (including phenoxy) is 5. The Morgan fingerprint density at radius 3 is 1.41 bits per heavy atom. The molecule has 0 saturated carbocycles. The van der Waals surface area contributed by atoms with Gasteiger partial charge in [-0.3, -0.25) is 19.2 Å². The molecule has 0 aromatic carbocycles. The van der Waals surface area contributed by atoms with Crippen molar-refractivity contribution in [3.05, 3.63) is 0 Å². The van der Waals surface area contributed by atoms with Gasteiger partial charge in [-0.25, -0.2) is 4.79 Å². The Balaban J connectivity index is 4.96. The van der Waals surface area contributed by atoms with Gasteiger partial charge in [0.05, 0.1) is 59.1 Å². The quantitative estimate of drug-likeness (QED) is 0.0248. The van der Waals surface area contributed by atoms with Gasteiger partial charge in [0, 0.05) is 25.9 Å². The molecule has 0 aromatic heterocycles. The smallest absolute Gasteiger partial charge is 0.351 e. The number of carbonyl (C=O) groups excluding carboxylic acids is 5. The molecule has 0 N–H and O–H groups in total. The molecule has 0 aliphatic rings. The van der Waals surface area contributed by atoms with Crippen molar-refractivity contribution in [3.63, 3.8) is 0 Å². The molecular weight excluding hydrogens is 769 g/mol. The molecule has 14 nitrogen and oxygen atoms in total. The number of hydrogen-bond donors (Lipinski definition) is 0. The van der Waals surface area contributed by atoms with E-state index in [0.29, 0.717) is 104 Å². The van der Waals surface area contributed by atoms with E-state index in [4.69, 9.17) is 37.3 Å². The molecule has 15 heteroatoms. The second-order valence-electron chi connectivity index (χ2n) is 14.5. The maximum atomic E-state index is 13.5. The third kappa shape index (κ3) is 31.5. The first-order chi connectivity index (χ1) is 28.1. The molecule has 0 spiro atoms. The summed E-state index contributed by atoms with van der Waals surface area (Å²) >= 11 is 0. The average Bonchev–Trinajstić information content (AvgIpc) is 3.20. The summed E-state index contributed by atoms with van der Waals surface area (Å²) in [6.45, 7) is 12.9. The summed E-state index contributed by atoms with van der Waals surface area (Å²) in [5.41, 5.74) is -1.84. The predicted octanol–water partition coefficient (Wildman–Crippen LogP) is 9.33. The Morgan fingerprint density at radius 1 is 0.466 bits per heavy atom. The minimum Gasteiger partial charge on any atom is -0.466 e. The second-order valence-corrected chi connectivity index (χ2v) is 15.8. The van der Waals surface area contributed by atoms with E-state index in [1.54, 1.807) is 6.92 Å². The molecule has 0 aliphatic carbocycles. The summed E-state index contributed by atoms with van der Waals surface area (Å²) in [5.74, 6) is -2.48. The van der Waals surface area contributed by atoms with Gasteiger partial charge in [-0.05, 0) is 85.1 Å². The highest BCUT2D eigenvalue weighted by Crippen LogP contribution is 2.39. The van der Waals surface area contributed by atoms with E-state index in [0.717, 1.165) is 51.4 Å². The molecule has 0 radical (unpaired) electrons. The van der Waals surface area contributed by atoms with Crippen LogP contribution in [0.3, 0.4) is 0 Å². The van der Waals surface area contributed by atoms with Crippen LogP contribution in [0.4, 0.5) is 0 Å². The molecule has 0 amide bonds. The number of nitrogens with zero attached hydrogens (tertiary/aromatic N) is 1. The van der Waals surface area contributed by atoms with E-state index in [9.17, 15) is 24.0 Å². The molecule has 1 atom stereocenters. The summed E-state index contributed by atoms with van der Waals surface area (Å²) in [7, 11) is 0.491. The van der Waals surface area contributed by atoms with Crippen LogP contribution >= 0.6 is 8.60 Å². The lowest BCUT2D eigenvalue weighted by atomic mass is 9.96. The van der Waals surface area contributed by atoms with E-state index in [2.05, 4.69) is 13.8 Å². The van der Waals surface area contributed by atoms with Gasteiger partial charge in [-0.2, -0.15) is 0 Å². The monoisotopic (exact) mass is 850 g/mol. The molecule has 340 valence electrons. The van der Waals surface area contributed by atoms with Crippen LogP contribution in [-0.4, -0.2) is 107 Å². The van der Waals surface area contributed by atoms with Crippen LogP contribution in [0.1, 0.15) is 176 Å². The van der Waals surface area contributed by atoms with Gasteiger partial charge in [0.2, 0.25) is 5.60 Å². The minimum atomic E-state index is -1.84. The Bertz CT molecular complexity index is 1060. The predicted molar refractivity (Wildman–Crippen MR) is 225 cm³/mol. The fraction of sp³-hybridized carbons (Fsp3) is 0.884. The first-order valence-electron chi connectivity index (χ1n) is 22.3. The van der Waals surface area contributed by atoms with Gasteiger partial charge in [-0.15, -0.1) is 0 Å². The molecule has 0 bridgehead atoms. The van der Waals surface area contributed by atoms with Crippen molar-refractivity contribution in [3.8, 4) is 0 Å². The van der Waals surface area contributed by atoms with Crippen molar-refractivity contribution in [1.29, 1.82) is 0 Å². The lowest BCUT2D eigenvalue weighted by molar-refractivity contribution is -0.188. The zero-order valence-corrected chi connectivity index (χ0v) is 38.0. The topological polar surface area (TPSA) is 162 Å². The number of rotatable bonds is 41. The first kappa shape index (κ1) is 55.6. The number of carbonyl (C=O) groups is 5. The molecule has 0 saturated heterocycles. The van der Waals surface area contributed by atoms with E-state index < -0.39 is 38.5 Å². The maximum Gasteiger partial charge on any atom is 0.351 e. The third-order valence-corrected chi connectivity index (χ3v) is 10.6. The zero-order valence-electron chi connectivity index (χ0n) is 37.1. The highest BCUT2D eigenvalue weighted by Gasteiger charge is 2.45.